The van der Waals surface area contributed by atoms with Crippen LogP contribution in [-0.4, -0.2) is 21.8 Å². The summed E-state index contributed by atoms with van der Waals surface area (Å²) in [4.78, 5) is 29.6. The van der Waals surface area contributed by atoms with E-state index in [0.29, 0.717) is 23.3 Å². The molecule has 3 aromatic rings. The molecule has 0 N–H and O–H groups in total. The van der Waals surface area contributed by atoms with Crippen molar-refractivity contribution in [1.82, 2.24) is 9.55 Å². The lowest BCUT2D eigenvalue weighted by atomic mass is 10.1. The van der Waals surface area contributed by atoms with Crippen molar-refractivity contribution in [3.63, 3.8) is 0 Å². The summed E-state index contributed by atoms with van der Waals surface area (Å²) in [5, 5.41) is 11.5. The van der Waals surface area contributed by atoms with E-state index >= 15 is 0 Å². The van der Waals surface area contributed by atoms with Gasteiger partial charge in [-0.2, -0.15) is 0 Å². The fourth-order valence-electron chi connectivity index (χ4n) is 3.18. The molecule has 26 heavy (non-hydrogen) atoms. The zero-order valence-corrected chi connectivity index (χ0v) is 14.9. The number of allylic oxidation sites excluding steroid dienone is 1. The Morgan fingerprint density at radius 3 is 2.69 bits per heavy atom. The molecule has 2 aromatic carbocycles. The minimum absolute atomic E-state index is 0.0190. The summed E-state index contributed by atoms with van der Waals surface area (Å²) in [5.74, 6) is -0.675. The summed E-state index contributed by atoms with van der Waals surface area (Å²) in [5.41, 5.74) is 2.28. The Kier molecular flexibility index (Phi) is 4.12. The normalized spacial score (nSPS) is 14.7. The van der Waals surface area contributed by atoms with E-state index in [4.69, 9.17) is 0 Å². The Morgan fingerprint density at radius 2 is 2.00 bits per heavy atom. The summed E-state index contributed by atoms with van der Waals surface area (Å²) in [6, 6.07) is 12.5. The molecular weight excluding hydrogens is 348 g/mol. The summed E-state index contributed by atoms with van der Waals surface area (Å²) >= 11 is 1.68. The van der Waals surface area contributed by atoms with Gasteiger partial charge in [0.15, 0.2) is 0 Å². The quantitative estimate of drug-likeness (QED) is 0.668. The van der Waals surface area contributed by atoms with Gasteiger partial charge in [0.2, 0.25) is 0 Å². The summed E-state index contributed by atoms with van der Waals surface area (Å²) in [7, 11) is 0. The smallest absolute Gasteiger partial charge is 0.261 e. The zero-order valence-electron chi connectivity index (χ0n) is 14.1. The van der Waals surface area contributed by atoms with Crippen LogP contribution in [0.4, 0.5) is 0 Å². The van der Waals surface area contributed by atoms with E-state index in [1.807, 2.05) is 24.5 Å². The molecule has 2 heterocycles. The van der Waals surface area contributed by atoms with Crippen LogP contribution in [0.2, 0.25) is 0 Å². The lowest BCUT2D eigenvalue weighted by molar-refractivity contribution is -0.255. The van der Waals surface area contributed by atoms with Crippen LogP contribution in [0.15, 0.2) is 52.2 Å². The van der Waals surface area contributed by atoms with Crippen molar-refractivity contribution in [1.29, 1.82) is 0 Å². The molecule has 1 aromatic heterocycles. The second kappa shape index (κ2) is 6.46. The van der Waals surface area contributed by atoms with Crippen LogP contribution in [0.25, 0.3) is 22.6 Å². The summed E-state index contributed by atoms with van der Waals surface area (Å²) in [6.45, 7) is 0.577. The molecule has 0 unspecified atom stereocenters. The largest absolute Gasteiger partial charge is 0.545 e. The topological polar surface area (TPSA) is 75.0 Å². The Bertz CT molecular complexity index is 1110. The van der Waals surface area contributed by atoms with Crippen molar-refractivity contribution < 1.29 is 9.90 Å². The van der Waals surface area contributed by atoms with Crippen LogP contribution >= 0.6 is 11.8 Å². The van der Waals surface area contributed by atoms with E-state index in [1.165, 1.54) is 23.1 Å². The van der Waals surface area contributed by atoms with E-state index < -0.39 is 5.97 Å². The molecule has 0 saturated carbocycles. The van der Waals surface area contributed by atoms with Gasteiger partial charge >= 0.3 is 0 Å². The third kappa shape index (κ3) is 2.82. The molecule has 0 atom stereocenters. The van der Waals surface area contributed by atoms with Crippen molar-refractivity contribution in [3.8, 4) is 0 Å². The van der Waals surface area contributed by atoms with E-state index in [2.05, 4.69) is 17.1 Å². The number of hydrogen-bond donors (Lipinski definition) is 0. The monoisotopic (exact) mass is 363 g/mol. The standard InChI is InChI=1S/C20H16N2O3S/c1-26-15-5-2-12(3-6-15)10-13-8-9-22-18(13)21-17-11-14(20(24)25)4-7-16(17)19(22)23/h2-7,10-11H,8-9H2,1H3,(H,24,25)/p-1/b13-10+. The predicted octanol–water partition coefficient (Wildman–Crippen LogP) is 2.43. The first-order chi connectivity index (χ1) is 12.6. The third-order valence-electron chi connectivity index (χ3n) is 4.54. The number of thioether (sulfide) groups is 1. The molecule has 6 heteroatoms. The number of rotatable bonds is 3. The first kappa shape index (κ1) is 16.6. The highest BCUT2D eigenvalue weighted by atomic mass is 32.2. The van der Waals surface area contributed by atoms with Crippen LogP contribution in [0.1, 0.15) is 28.2 Å². The van der Waals surface area contributed by atoms with Crippen molar-refractivity contribution in [2.24, 2.45) is 0 Å². The van der Waals surface area contributed by atoms with Crippen LogP contribution in [0.3, 0.4) is 0 Å². The van der Waals surface area contributed by atoms with Crippen LogP contribution in [0, 0.1) is 0 Å². The van der Waals surface area contributed by atoms with Crippen molar-refractivity contribution in [2.45, 2.75) is 17.9 Å². The van der Waals surface area contributed by atoms with Gasteiger partial charge < -0.3 is 9.90 Å². The van der Waals surface area contributed by atoms with E-state index in [9.17, 15) is 14.7 Å². The highest BCUT2D eigenvalue weighted by Crippen LogP contribution is 2.28. The second-order valence-electron chi connectivity index (χ2n) is 6.10. The maximum absolute atomic E-state index is 12.7. The molecule has 0 fully saturated rings. The molecule has 130 valence electrons. The SMILES string of the molecule is CSc1ccc(/C=C2\CCn3c2nc2cc(C(=O)[O-])ccc2c3=O)cc1. The van der Waals surface area contributed by atoms with Gasteiger partial charge in [0.1, 0.15) is 5.82 Å². The highest BCUT2D eigenvalue weighted by molar-refractivity contribution is 7.98. The lowest BCUT2D eigenvalue weighted by Crippen LogP contribution is -2.23. The third-order valence-corrected chi connectivity index (χ3v) is 5.28. The minimum atomic E-state index is -1.28. The number of carbonyl (C=O) groups is 1. The molecule has 0 saturated heterocycles. The van der Waals surface area contributed by atoms with Crippen LogP contribution in [-0.2, 0) is 6.54 Å². The highest BCUT2D eigenvalue weighted by Gasteiger charge is 2.21. The Morgan fingerprint density at radius 1 is 1.23 bits per heavy atom. The number of hydrogen-bond acceptors (Lipinski definition) is 5. The second-order valence-corrected chi connectivity index (χ2v) is 6.98. The van der Waals surface area contributed by atoms with Crippen molar-refractivity contribution >= 4 is 40.3 Å². The average Bonchev–Trinajstić information content (AvgIpc) is 3.05. The maximum Gasteiger partial charge on any atom is 0.261 e. The Labute approximate surface area is 154 Å². The fourth-order valence-corrected chi connectivity index (χ4v) is 3.59. The number of benzene rings is 2. The number of fused-ring (bicyclic) bond motifs is 2. The van der Waals surface area contributed by atoms with Crippen molar-refractivity contribution in [3.05, 3.63) is 69.8 Å². The lowest BCUT2D eigenvalue weighted by Gasteiger charge is -2.08. The molecule has 0 aliphatic carbocycles. The van der Waals surface area contributed by atoms with Crippen LogP contribution in [0.5, 0.6) is 0 Å². The van der Waals surface area contributed by atoms with E-state index in [-0.39, 0.29) is 11.1 Å². The molecule has 0 bridgehead atoms. The summed E-state index contributed by atoms with van der Waals surface area (Å²) in [6.07, 6.45) is 4.78. The van der Waals surface area contributed by atoms with Gasteiger partial charge in [0.25, 0.3) is 5.56 Å². The number of carboxylic acids is 1. The van der Waals surface area contributed by atoms with Gasteiger partial charge in [-0.3, -0.25) is 9.36 Å². The van der Waals surface area contributed by atoms with Gasteiger partial charge in [-0.05, 0) is 59.7 Å². The molecule has 0 amide bonds. The van der Waals surface area contributed by atoms with Gasteiger partial charge in [-0.25, -0.2) is 4.98 Å². The number of carbonyl (C=O) groups excluding carboxylic acids is 1. The molecule has 5 nitrogen and oxygen atoms in total. The van der Waals surface area contributed by atoms with Crippen LogP contribution < -0.4 is 10.7 Å². The van der Waals surface area contributed by atoms with E-state index in [0.717, 1.165) is 17.6 Å². The van der Waals surface area contributed by atoms with Crippen molar-refractivity contribution in [2.75, 3.05) is 6.26 Å². The van der Waals surface area contributed by atoms with Gasteiger partial charge in [0.05, 0.1) is 16.9 Å². The van der Waals surface area contributed by atoms with Gasteiger partial charge in [-0.15, -0.1) is 11.8 Å². The molecule has 1 aliphatic rings. The summed E-state index contributed by atoms with van der Waals surface area (Å²) < 4.78 is 1.66. The molecular formula is C20H15N2O3S-. The number of nitrogens with zero attached hydrogens (tertiary/aromatic N) is 2. The number of aromatic carboxylic acids is 1. The Balaban J connectivity index is 1.84. The molecule has 4 rings (SSSR count). The number of carboxylic acid groups (broad SMARTS) is 1. The zero-order chi connectivity index (χ0) is 18.3. The predicted molar refractivity (Wildman–Crippen MR) is 101 cm³/mol. The minimum Gasteiger partial charge on any atom is -0.545 e. The van der Waals surface area contributed by atoms with Gasteiger partial charge in [-0.1, -0.05) is 18.2 Å². The van der Waals surface area contributed by atoms with E-state index in [1.54, 1.807) is 16.3 Å². The molecule has 0 spiro atoms. The average molecular weight is 363 g/mol. The number of aromatic nitrogens is 2. The fraction of sp³-hybridized carbons (Fsp3) is 0.150. The first-order valence-electron chi connectivity index (χ1n) is 8.18. The first-order valence-corrected chi connectivity index (χ1v) is 9.40. The molecule has 1 aliphatic heterocycles. The Hall–Kier alpha value is -2.86. The molecule has 0 radical (unpaired) electrons. The van der Waals surface area contributed by atoms with Gasteiger partial charge in [0, 0.05) is 11.4 Å². The maximum atomic E-state index is 12.7.